The van der Waals surface area contributed by atoms with E-state index < -0.39 is 35.6 Å². The summed E-state index contributed by atoms with van der Waals surface area (Å²) >= 11 is 0. The summed E-state index contributed by atoms with van der Waals surface area (Å²) in [5.74, 6) is -1.22. The van der Waals surface area contributed by atoms with Crippen LogP contribution in [0.4, 0.5) is 8.78 Å². The Morgan fingerprint density at radius 3 is 2.67 bits per heavy atom. The van der Waals surface area contributed by atoms with E-state index in [1.807, 2.05) is 0 Å². The summed E-state index contributed by atoms with van der Waals surface area (Å²) in [5.41, 5.74) is 0.0281. The number of hydrogen-bond acceptors (Lipinski definition) is 3. The van der Waals surface area contributed by atoms with Crippen molar-refractivity contribution in [1.29, 1.82) is 0 Å². The van der Waals surface area contributed by atoms with Crippen LogP contribution in [0.15, 0.2) is 18.2 Å². The van der Waals surface area contributed by atoms with Gasteiger partial charge in [-0.15, -0.1) is 6.42 Å². The van der Waals surface area contributed by atoms with E-state index in [1.54, 1.807) is 0 Å². The molecule has 0 aromatic heterocycles. The maximum Gasteiger partial charge on any atom is 0.326 e. The molecule has 2 fully saturated rings. The van der Waals surface area contributed by atoms with Gasteiger partial charge in [0.2, 0.25) is 11.8 Å². The van der Waals surface area contributed by atoms with E-state index in [1.165, 1.54) is 21.9 Å². The maximum absolute atomic E-state index is 14.0. The summed E-state index contributed by atoms with van der Waals surface area (Å²) in [6.07, 6.45) is 8.05. The molecule has 1 heterocycles. The number of carbonyl (C=O) groups is 3. The molecular formula is C22H24F2N2O4. The van der Waals surface area contributed by atoms with Gasteiger partial charge in [-0.1, -0.05) is 30.9 Å². The highest BCUT2D eigenvalue weighted by molar-refractivity contribution is 5.86. The molecule has 1 saturated heterocycles. The Bertz CT molecular complexity index is 878. The highest BCUT2D eigenvalue weighted by atomic mass is 19.2. The van der Waals surface area contributed by atoms with Crippen molar-refractivity contribution < 1.29 is 28.3 Å². The molecule has 2 amide bonds. The molecule has 6 nitrogen and oxygen atoms in total. The third kappa shape index (κ3) is 4.96. The number of carboxylic acids is 1. The number of terminal acetylenes is 1. The largest absolute Gasteiger partial charge is 0.480 e. The third-order valence-corrected chi connectivity index (χ3v) is 5.73. The fourth-order valence-electron chi connectivity index (χ4n) is 3.90. The molecular weight excluding hydrogens is 394 g/mol. The van der Waals surface area contributed by atoms with Gasteiger partial charge in [0.25, 0.3) is 0 Å². The molecule has 30 heavy (non-hydrogen) atoms. The van der Waals surface area contributed by atoms with Gasteiger partial charge in [-0.05, 0) is 24.8 Å². The average molecular weight is 418 g/mol. The number of carboxylic acid groups (broad SMARTS) is 1. The minimum atomic E-state index is -1.10. The van der Waals surface area contributed by atoms with E-state index in [0.29, 0.717) is 12.8 Å². The summed E-state index contributed by atoms with van der Waals surface area (Å²) in [7, 11) is 0. The molecule has 1 aromatic carbocycles. The predicted octanol–water partition coefficient (Wildman–Crippen LogP) is 2.56. The number of likely N-dealkylation sites (tertiary alicyclic amines) is 1. The number of aliphatic carboxylic acids is 1. The van der Waals surface area contributed by atoms with Crippen molar-refractivity contribution >= 4 is 17.8 Å². The third-order valence-electron chi connectivity index (χ3n) is 5.73. The van der Waals surface area contributed by atoms with Gasteiger partial charge in [0.05, 0.1) is 6.54 Å². The molecule has 1 saturated carbocycles. The van der Waals surface area contributed by atoms with E-state index in [9.17, 15) is 28.3 Å². The molecule has 8 heteroatoms. The number of amides is 2. The van der Waals surface area contributed by atoms with Crippen LogP contribution in [0.5, 0.6) is 0 Å². The molecule has 2 aliphatic rings. The van der Waals surface area contributed by atoms with Crippen LogP contribution in [0.2, 0.25) is 0 Å². The molecule has 0 spiro atoms. The van der Waals surface area contributed by atoms with Gasteiger partial charge in [0, 0.05) is 31.0 Å². The number of halogens is 2. The van der Waals surface area contributed by atoms with Crippen molar-refractivity contribution in [2.75, 3.05) is 6.54 Å². The van der Waals surface area contributed by atoms with E-state index in [0.717, 1.165) is 18.9 Å². The first-order chi connectivity index (χ1) is 14.3. The highest BCUT2D eigenvalue weighted by Crippen LogP contribution is 2.35. The van der Waals surface area contributed by atoms with Crippen molar-refractivity contribution in [1.82, 2.24) is 9.80 Å². The Morgan fingerprint density at radius 2 is 2.03 bits per heavy atom. The molecule has 0 radical (unpaired) electrons. The number of rotatable bonds is 9. The topological polar surface area (TPSA) is 77.9 Å². The monoisotopic (exact) mass is 418 g/mol. The number of carbonyl (C=O) groups excluding carboxylic acids is 2. The number of hydrogen-bond donors (Lipinski definition) is 1. The maximum atomic E-state index is 14.0. The summed E-state index contributed by atoms with van der Waals surface area (Å²) < 4.78 is 27.6. The predicted molar refractivity (Wildman–Crippen MR) is 104 cm³/mol. The average Bonchev–Trinajstić information content (AvgIpc) is 3.46. The molecule has 2 atom stereocenters. The zero-order chi connectivity index (χ0) is 21.8. The lowest BCUT2D eigenvalue weighted by Crippen LogP contribution is -2.47. The Balaban J connectivity index is 1.73. The summed E-state index contributed by atoms with van der Waals surface area (Å²) in [4.78, 5) is 39.6. The van der Waals surface area contributed by atoms with Crippen molar-refractivity contribution in [3.8, 4) is 12.3 Å². The van der Waals surface area contributed by atoms with Crippen molar-refractivity contribution in [2.24, 2.45) is 5.92 Å². The lowest BCUT2D eigenvalue weighted by molar-refractivity contribution is -0.151. The molecule has 3 rings (SSSR count). The molecule has 1 N–H and O–H groups in total. The van der Waals surface area contributed by atoms with E-state index in [-0.39, 0.29) is 43.3 Å². The van der Waals surface area contributed by atoms with E-state index >= 15 is 0 Å². The van der Waals surface area contributed by atoms with Gasteiger partial charge in [-0.25, -0.2) is 13.6 Å². The van der Waals surface area contributed by atoms with E-state index in [4.69, 9.17) is 6.42 Å². The van der Waals surface area contributed by atoms with E-state index in [2.05, 4.69) is 5.92 Å². The molecule has 1 aliphatic carbocycles. The Morgan fingerprint density at radius 1 is 1.30 bits per heavy atom. The van der Waals surface area contributed by atoms with Crippen LogP contribution in [-0.2, 0) is 20.9 Å². The standard InChI is InChI=1S/C22H24F2N2O4/c1-2-10-25(18(22(29)30)11-14-6-7-14)20(28)12-16-8-9-19(27)26(16)13-15-4-3-5-17(23)21(15)24/h1,3-5,14,16,18H,6-13H2,(H,29,30)/t16-,18-/m0/s1. The van der Waals surface area contributed by atoms with Gasteiger partial charge < -0.3 is 14.9 Å². The Labute approximate surface area is 173 Å². The number of benzene rings is 1. The fraction of sp³-hybridized carbons (Fsp3) is 0.500. The zero-order valence-corrected chi connectivity index (χ0v) is 16.5. The first-order valence-electron chi connectivity index (χ1n) is 10.00. The minimum Gasteiger partial charge on any atom is -0.480 e. The molecule has 0 unspecified atom stereocenters. The molecule has 1 aliphatic heterocycles. The zero-order valence-electron chi connectivity index (χ0n) is 16.5. The van der Waals surface area contributed by atoms with Crippen LogP contribution in [0, 0.1) is 29.9 Å². The van der Waals surface area contributed by atoms with Crippen molar-refractivity contribution in [2.45, 2.75) is 57.2 Å². The van der Waals surface area contributed by atoms with Crippen molar-refractivity contribution in [3.05, 3.63) is 35.4 Å². The quantitative estimate of drug-likeness (QED) is 0.626. The number of nitrogens with zero attached hydrogens (tertiary/aromatic N) is 2. The molecule has 0 bridgehead atoms. The summed E-state index contributed by atoms with van der Waals surface area (Å²) in [5, 5.41) is 9.60. The van der Waals surface area contributed by atoms with Gasteiger partial charge >= 0.3 is 5.97 Å². The fourth-order valence-corrected chi connectivity index (χ4v) is 3.90. The van der Waals surface area contributed by atoms with Gasteiger partial charge in [0.15, 0.2) is 11.6 Å². The smallest absolute Gasteiger partial charge is 0.326 e. The first-order valence-corrected chi connectivity index (χ1v) is 10.00. The SMILES string of the molecule is C#CCN(C(=O)C[C@@H]1CCC(=O)N1Cc1cccc(F)c1F)[C@@H](CC1CC1)C(=O)O. The van der Waals surface area contributed by atoms with Gasteiger partial charge in [-0.2, -0.15) is 0 Å². The minimum absolute atomic E-state index is 0.0281. The highest BCUT2D eigenvalue weighted by Gasteiger charge is 2.38. The van der Waals surface area contributed by atoms with Gasteiger partial charge in [-0.3, -0.25) is 9.59 Å². The van der Waals surface area contributed by atoms with Crippen LogP contribution in [0.25, 0.3) is 0 Å². The normalized spacial score (nSPS) is 19.4. The second-order valence-electron chi connectivity index (χ2n) is 7.89. The van der Waals surface area contributed by atoms with Crippen LogP contribution in [0.1, 0.15) is 44.1 Å². The molecule has 1 aromatic rings. The molecule has 160 valence electrons. The van der Waals surface area contributed by atoms with Crippen molar-refractivity contribution in [3.63, 3.8) is 0 Å². The second kappa shape index (κ2) is 9.24. The van der Waals surface area contributed by atoms with Crippen LogP contribution >= 0.6 is 0 Å². The van der Waals surface area contributed by atoms with Crippen LogP contribution < -0.4 is 0 Å². The van der Waals surface area contributed by atoms with Crippen LogP contribution in [0.3, 0.4) is 0 Å². The second-order valence-corrected chi connectivity index (χ2v) is 7.89. The first kappa shape index (κ1) is 21.8. The summed E-state index contributed by atoms with van der Waals surface area (Å²) in [6.45, 7) is -0.290. The van der Waals surface area contributed by atoms with Crippen LogP contribution in [-0.4, -0.2) is 51.3 Å². The lowest BCUT2D eigenvalue weighted by atomic mass is 10.1. The summed E-state index contributed by atoms with van der Waals surface area (Å²) in [6, 6.07) is 2.22. The lowest BCUT2D eigenvalue weighted by Gasteiger charge is -2.31. The Kier molecular flexibility index (Phi) is 6.70. The Hall–Kier alpha value is -2.95. The van der Waals surface area contributed by atoms with Gasteiger partial charge in [0.1, 0.15) is 6.04 Å².